The van der Waals surface area contributed by atoms with Crippen molar-refractivity contribution in [2.24, 2.45) is 0 Å². The van der Waals surface area contributed by atoms with E-state index in [4.69, 9.17) is 0 Å². The van der Waals surface area contributed by atoms with Gasteiger partial charge in [0.05, 0.1) is 4.21 Å². The van der Waals surface area contributed by atoms with E-state index in [1.54, 1.807) is 11.8 Å². The van der Waals surface area contributed by atoms with Crippen molar-refractivity contribution in [1.82, 2.24) is 0 Å². The van der Waals surface area contributed by atoms with Crippen LogP contribution in [0.4, 0.5) is 0 Å². The van der Waals surface area contributed by atoms with E-state index in [9.17, 15) is 0 Å². The van der Waals surface area contributed by atoms with E-state index in [0.29, 0.717) is 0 Å². The Labute approximate surface area is 91.8 Å². The molecule has 0 saturated heterocycles. The normalized spacial score (nSPS) is 11.0. The molecule has 0 aliphatic carbocycles. The summed E-state index contributed by atoms with van der Waals surface area (Å²) in [6.07, 6.45) is 2.11. The van der Waals surface area contributed by atoms with Crippen molar-refractivity contribution in [3.05, 3.63) is 23.8 Å². The van der Waals surface area contributed by atoms with Gasteiger partial charge in [-0.2, -0.15) is 0 Å². The summed E-state index contributed by atoms with van der Waals surface area (Å²) in [5.41, 5.74) is 1.25. The van der Waals surface area contributed by atoms with Gasteiger partial charge >= 0.3 is 0 Å². The molecule has 1 aromatic carbocycles. The minimum atomic E-state index is 1.12. The van der Waals surface area contributed by atoms with Crippen molar-refractivity contribution < 1.29 is 0 Å². The monoisotopic (exact) mass is 226 g/mol. The van der Waals surface area contributed by atoms with E-state index in [1.807, 2.05) is 11.3 Å². The van der Waals surface area contributed by atoms with Crippen LogP contribution in [-0.4, -0.2) is 6.26 Å². The zero-order valence-electron chi connectivity index (χ0n) is 7.50. The minimum Gasteiger partial charge on any atom is -0.142 e. The second kappa shape index (κ2) is 3.56. The maximum Gasteiger partial charge on any atom is 0.0608 e. The molecule has 13 heavy (non-hydrogen) atoms. The van der Waals surface area contributed by atoms with Gasteiger partial charge in [0.2, 0.25) is 0 Å². The topological polar surface area (TPSA) is 0 Å². The van der Waals surface area contributed by atoms with Gasteiger partial charge in [0.25, 0.3) is 0 Å². The number of thiol groups is 1. The Morgan fingerprint density at radius 2 is 2.15 bits per heavy atom. The highest BCUT2D eigenvalue weighted by Gasteiger charge is 2.05. The van der Waals surface area contributed by atoms with Gasteiger partial charge in [0.15, 0.2) is 0 Å². The third kappa shape index (κ3) is 1.60. The van der Waals surface area contributed by atoms with Crippen molar-refractivity contribution in [2.75, 3.05) is 6.26 Å². The van der Waals surface area contributed by atoms with Crippen LogP contribution in [-0.2, 0) is 0 Å². The maximum atomic E-state index is 4.51. The zero-order chi connectivity index (χ0) is 9.42. The molecule has 68 valence electrons. The molecular formula is C10H10S3. The van der Waals surface area contributed by atoms with Gasteiger partial charge in [-0.15, -0.1) is 35.7 Å². The number of aryl methyl sites for hydroxylation is 1. The molecule has 2 aromatic rings. The van der Waals surface area contributed by atoms with Crippen LogP contribution in [0.15, 0.2) is 27.3 Å². The van der Waals surface area contributed by atoms with E-state index in [2.05, 4.69) is 44.0 Å². The molecule has 0 aliphatic heterocycles. The average Bonchev–Trinajstić information content (AvgIpc) is 2.55. The van der Waals surface area contributed by atoms with Gasteiger partial charge in [0, 0.05) is 15.0 Å². The Hall–Kier alpha value is -0.120. The molecule has 1 heterocycles. The molecule has 0 N–H and O–H groups in total. The highest BCUT2D eigenvalue weighted by atomic mass is 32.2. The molecule has 0 spiro atoms. The zero-order valence-corrected chi connectivity index (χ0v) is 10.0. The van der Waals surface area contributed by atoms with Gasteiger partial charge in [-0.25, -0.2) is 0 Å². The number of thiophene rings is 1. The summed E-state index contributed by atoms with van der Waals surface area (Å²) in [5.74, 6) is 0. The van der Waals surface area contributed by atoms with Crippen LogP contribution in [0, 0.1) is 6.92 Å². The molecule has 0 nitrogen and oxygen atoms in total. The Kier molecular flexibility index (Phi) is 2.58. The number of hydrogen-bond acceptors (Lipinski definition) is 3. The number of rotatable bonds is 1. The first-order valence-corrected chi connectivity index (χ1v) is 6.47. The molecule has 0 bridgehead atoms. The van der Waals surface area contributed by atoms with Crippen LogP contribution in [0.5, 0.6) is 0 Å². The fourth-order valence-electron chi connectivity index (χ4n) is 1.28. The van der Waals surface area contributed by atoms with Crippen LogP contribution < -0.4 is 0 Å². The van der Waals surface area contributed by atoms with E-state index < -0.39 is 0 Å². The molecule has 0 unspecified atom stereocenters. The lowest BCUT2D eigenvalue weighted by molar-refractivity contribution is 1.37. The smallest absolute Gasteiger partial charge is 0.0608 e. The Bertz CT molecular complexity index is 443. The lowest BCUT2D eigenvalue weighted by Crippen LogP contribution is -1.74. The Morgan fingerprint density at radius 1 is 1.38 bits per heavy atom. The standard InChI is InChI=1S/C10H10S3/c1-6-3-4-8-7(10(6)11)5-9(12-2)13-8/h3-5,11H,1-2H3. The van der Waals surface area contributed by atoms with E-state index >= 15 is 0 Å². The Morgan fingerprint density at radius 3 is 2.85 bits per heavy atom. The predicted octanol–water partition coefficient (Wildman–Crippen LogP) is 4.22. The number of hydrogen-bond donors (Lipinski definition) is 1. The molecule has 0 fully saturated rings. The first-order chi connectivity index (χ1) is 6.22. The molecule has 0 saturated carbocycles. The predicted molar refractivity (Wildman–Crippen MR) is 65.6 cm³/mol. The van der Waals surface area contributed by atoms with Crippen LogP contribution in [0.1, 0.15) is 5.56 Å². The van der Waals surface area contributed by atoms with E-state index in [-0.39, 0.29) is 0 Å². The summed E-state index contributed by atoms with van der Waals surface area (Å²) in [6, 6.07) is 6.53. The summed E-state index contributed by atoms with van der Waals surface area (Å²) < 4.78 is 2.69. The van der Waals surface area contributed by atoms with Crippen LogP contribution in [0.2, 0.25) is 0 Å². The van der Waals surface area contributed by atoms with E-state index in [0.717, 1.165) is 4.90 Å². The number of benzene rings is 1. The first-order valence-electron chi connectivity index (χ1n) is 3.98. The minimum absolute atomic E-state index is 1.12. The molecule has 1 aromatic heterocycles. The quantitative estimate of drug-likeness (QED) is 0.561. The van der Waals surface area contributed by atoms with Crippen molar-refractivity contribution in [2.45, 2.75) is 16.0 Å². The summed E-state index contributed by atoms with van der Waals surface area (Å²) in [4.78, 5) is 1.12. The van der Waals surface area contributed by atoms with Gasteiger partial charge in [-0.1, -0.05) is 6.07 Å². The summed E-state index contributed by atoms with van der Waals surface area (Å²) in [6.45, 7) is 2.10. The second-order valence-electron chi connectivity index (χ2n) is 2.91. The summed E-state index contributed by atoms with van der Waals surface area (Å²) in [5, 5.41) is 1.29. The molecule has 0 amide bonds. The first kappa shape index (κ1) is 9.44. The van der Waals surface area contributed by atoms with Gasteiger partial charge in [-0.3, -0.25) is 0 Å². The highest BCUT2D eigenvalue weighted by Crippen LogP contribution is 2.35. The molecule has 2 rings (SSSR count). The van der Waals surface area contributed by atoms with Crippen molar-refractivity contribution >= 4 is 45.8 Å². The fourth-order valence-corrected chi connectivity index (χ4v) is 3.26. The SMILES string of the molecule is CSc1cc2c(S)c(C)ccc2s1. The average molecular weight is 226 g/mol. The van der Waals surface area contributed by atoms with Crippen LogP contribution in [0.25, 0.3) is 10.1 Å². The summed E-state index contributed by atoms with van der Waals surface area (Å²) >= 11 is 8.14. The lowest BCUT2D eigenvalue weighted by atomic mass is 10.2. The van der Waals surface area contributed by atoms with Crippen molar-refractivity contribution in [1.29, 1.82) is 0 Å². The van der Waals surface area contributed by atoms with Gasteiger partial charge in [0.1, 0.15) is 0 Å². The highest BCUT2D eigenvalue weighted by molar-refractivity contribution is 8.00. The largest absolute Gasteiger partial charge is 0.142 e. The van der Waals surface area contributed by atoms with Crippen LogP contribution >= 0.6 is 35.7 Å². The molecule has 0 atom stereocenters. The third-order valence-electron chi connectivity index (χ3n) is 2.05. The third-order valence-corrected chi connectivity index (χ3v) is 4.81. The van der Waals surface area contributed by atoms with Crippen molar-refractivity contribution in [3.63, 3.8) is 0 Å². The van der Waals surface area contributed by atoms with Gasteiger partial charge < -0.3 is 0 Å². The molecule has 0 aliphatic rings. The molecular weight excluding hydrogens is 216 g/mol. The van der Waals surface area contributed by atoms with Gasteiger partial charge in [-0.05, 0) is 30.9 Å². The second-order valence-corrected chi connectivity index (χ2v) is 5.55. The van der Waals surface area contributed by atoms with E-state index in [1.165, 1.54) is 19.9 Å². The lowest BCUT2D eigenvalue weighted by Gasteiger charge is -1.98. The fraction of sp³-hybridized carbons (Fsp3) is 0.200. The summed E-state index contributed by atoms with van der Waals surface area (Å²) in [7, 11) is 0. The molecule has 0 radical (unpaired) electrons. The van der Waals surface area contributed by atoms with Crippen LogP contribution in [0.3, 0.4) is 0 Å². The number of fused-ring (bicyclic) bond motifs is 1. The maximum absolute atomic E-state index is 4.51. The van der Waals surface area contributed by atoms with Crippen molar-refractivity contribution in [3.8, 4) is 0 Å². The molecule has 3 heteroatoms. The Balaban J connectivity index is 2.76. The number of thioether (sulfide) groups is 1.